The number of amides is 3. The lowest BCUT2D eigenvalue weighted by atomic mass is 10.1. The molecular formula is C25H20Cl2N4O3. The van der Waals surface area contributed by atoms with Gasteiger partial charge in [0.25, 0.3) is 5.91 Å². The molecule has 3 amide bonds. The molecule has 172 valence electrons. The van der Waals surface area contributed by atoms with Gasteiger partial charge in [0, 0.05) is 21.1 Å². The lowest BCUT2D eigenvalue weighted by Crippen LogP contribution is -2.40. The van der Waals surface area contributed by atoms with E-state index in [9.17, 15) is 14.4 Å². The molecule has 34 heavy (non-hydrogen) atoms. The lowest BCUT2D eigenvalue weighted by Gasteiger charge is -2.16. The van der Waals surface area contributed by atoms with Crippen LogP contribution in [0.3, 0.4) is 0 Å². The molecule has 3 aromatic carbocycles. The number of nitrogens with one attached hydrogen (secondary N) is 3. The summed E-state index contributed by atoms with van der Waals surface area (Å²) < 4.78 is 1.27. The van der Waals surface area contributed by atoms with Gasteiger partial charge in [-0.2, -0.15) is 0 Å². The van der Waals surface area contributed by atoms with Gasteiger partial charge in [0.1, 0.15) is 5.69 Å². The lowest BCUT2D eigenvalue weighted by molar-refractivity contribution is -0.137. The fourth-order valence-electron chi connectivity index (χ4n) is 3.44. The first-order chi connectivity index (χ1) is 16.3. The molecule has 9 heteroatoms. The van der Waals surface area contributed by atoms with Crippen LogP contribution in [-0.2, 0) is 9.59 Å². The monoisotopic (exact) mass is 494 g/mol. The number of carbonyl (C=O) groups excluding carboxylic acids is 3. The number of hydrogen-bond acceptors (Lipinski definition) is 3. The minimum atomic E-state index is -0.921. The summed E-state index contributed by atoms with van der Waals surface area (Å²) in [6.45, 7) is 1.78. The molecule has 0 aliphatic carbocycles. The van der Waals surface area contributed by atoms with E-state index < -0.39 is 17.7 Å². The van der Waals surface area contributed by atoms with Crippen molar-refractivity contribution in [2.75, 3.05) is 10.7 Å². The van der Waals surface area contributed by atoms with Crippen LogP contribution in [-0.4, -0.2) is 22.4 Å². The fraction of sp³-hybridized carbons (Fsp3) is 0.0800. The van der Waals surface area contributed by atoms with Gasteiger partial charge in [0.05, 0.1) is 11.6 Å². The van der Waals surface area contributed by atoms with Crippen molar-refractivity contribution in [2.45, 2.75) is 13.0 Å². The zero-order valence-corrected chi connectivity index (χ0v) is 19.5. The van der Waals surface area contributed by atoms with Crippen LogP contribution in [0.2, 0.25) is 10.0 Å². The molecule has 1 atom stereocenters. The number of halogens is 2. The van der Waals surface area contributed by atoms with Crippen LogP contribution in [0.1, 0.15) is 29.0 Å². The Morgan fingerprint density at radius 1 is 0.824 bits per heavy atom. The zero-order valence-electron chi connectivity index (χ0n) is 18.0. The summed E-state index contributed by atoms with van der Waals surface area (Å²) in [5.74, 6) is -2.25. The van der Waals surface area contributed by atoms with Crippen LogP contribution in [0.25, 0.3) is 10.9 Å². The van der Waals surface area contributed by atoms with Gasteiger partial charge in [-0.05, 0) is 61.0 Å². The molecule has 1 aromatic heterocycles. The maximum Gasteiger partial charge on any atom is 0.328 e. The third-order valence-corrected chi connectivity index (χ3v) is 5.65. The van der Waals surface area contributed by atoms with Gasteiger partial charge >= 0.3 is 11.8 Å². The van der Waals surface area contributed by atoms with E-state index in [1.54, 1.807) is 55.5 Å². The van der Waals surface area contributed by atoms with Crippen LogP contribution in [0.15, 0.2) is 78.9 Å². The summed E-state index contributed by atoms with van der Waals surface area (Å²) in [5, 5.41) is 7.03. The SMILES string of the molecule is C[C@@H](NC(=O)C(=O)Nn1c(C(=O)Nc2ccc(Cl)cc2)cc2cc(Cl)ccc21)c1ccccc1. The first-order valence-electron chi connectivity index (χ1n) is 10.4. The number of fused-ring (bicyclic) bond motifs is 1. The maximum absolute atomic E-state index is 13.0. The van der Waals surface area contributed by atoms with Gasteiger partial charge in [-0.25, -0.2) is 4.68 Å². The Hall–Kier alpha value is -3.81. The van der Waals surface area contributed by atoms with Crippen molar-refractivity contribution in [3.05, 3.63) is 100 Å². The highest BCUT2D eigenvalue weighted by molar-refractivity contribution is 6.38. The summed E-state index contributed by atoms with van der Waals surface area (Å²) in [5.41, 5.74) is 4.52. The number of anilines is 1. The highest BCUT2D eigenvalue weighted by Crippen LogP contribution is 2.24. The van der Waals surface area contributed by atoms with Crippen molar-refractivity contribution < 1.29 is 14.4 Å². The normalized spacial score (nSPS) is 11.6. The largest absolute Gasteiger partial charge is 0.341 e. The quantitative estimate of drug-likeness (QED) is 0.335. The van der Waals surface area contributed by atoms with Gasteiger partial charge in [0.2, 0.25) is 0 Å². The van der Waals surface area contributed by atoms with Crippen molar-refractivity contribution in [2.24, 2.45) is 0 Å². The van der Waals surface area contributed by atoms with E-state index in [0.29, 0.717) is 26.6 Å². The second-order valence-electron chi connectivity index (χ2n) is 7.58. The van der Waals surface area contributed by atoms with E-state index in [1.807, 2.05) is 30.3 Å². The topological polar surface area (TPSA) is 92.2 Å². The van der Waals surface area contributed by atoms with Gasteiger partial charge in [-0.1, -0.05) is 53.5 Å². The summed E-state index contributed by atoms with van der Waals surface area (Å²) in [6, 6.07) is 22.0. The average molecular weight is 495 g/mol. The van der Waals surface area contributed by atoms with Crippen molar-refractivity contribution in [3.63, 3.8) is 0 Å². The number of carbonyl (C=O) groups is 3. The molecule has 0 aliphatic rings. The Morgan fingerprint density at radius 2 is 1.50 bits per heavy atom. The third-order valence-electron chi connectivity index (χ3n) is 5.17. The zero-order chi connectivity index (χ0) is 24.2. The maximum atomic E-state index is 13.0. The van der Waals surface area contributed by atoms with E-state index >= 15 is 0 Å². The molecule has 0 unspecified atom stereocenters. The van der Waals surface area contributed by atoms with Crippen LogP contribution in [0.4, 0.5) is 5.69 Å². The number of benzene rings is 3. The Bertz CT molecular complexity index is 1370. The summed E-state index contributed by atoms with van der Waals surface area (Å²) in [7, 11) is 0. The molecule has 0 fully saturated rings. The van der Waals surface area contributed by atoms with Crippen molar-refractivity contribution in [1.82, 2.24) is 9.99 Å². The molecule has 3 N–H and O–H groups in total. The predicted molar refractivity (Wildman–Crippen MR) is 134 cm³/mol. The molecule has 0 spiro atoms. The molecule has 1 heterocycles. The Kier molecular flexibility index (Phi) is 6.86. The second kappa shape index (κ2) is 9.99. The predicted octanol–water partition coefficient (Wildman–Crippen LogP) is 5.15. The molecule has 4 aromatic rings. The van der Waals surface area contributed by atoms with Crippen molar-refractivity contribution in [3.8, 4) is 0 Å². The minimum Gasteiger partial charge on any atom is -0.341 e. The number of hydrogen-bond donors (Lipinski definition) is 3. The first-order valence-corrected chi connectivity index (χ1v) is 11.1. The second-order valence-corrected chi connectivity index (χ2v) is 8.45. The Balaban J connectivity index is 1.59. The molecule has 0 aliphatic heterocycles. The van der Waals surface area contributed by atoms with E-state index in [-0.39, 0.29) is 11.7 Å². The molecule has 0 saturated heterocycles. The average Bonchev–Trinajstić information content (AvgIpc) is 3.18. The van der Waals surface area contributed by atoms with Gasteiger partial charge in [-0.3, -0.25) is 19.8 Å². The van der Waals surface area contributed by atoms with Crippen molar-refractivity contribution >= 4 is 57.5 Å². The summed E-state index contributed by atoms with van der Waals surface area (Å²) in [6.07, 6.45) is 0. The Labute approximate surface area is 205 Å². The van der Waals surface area contributed by atoms with E-state index in [0.717, 1.165) is 5.56 Å². The van der Waals surface area contributed by atoms with E-state index in [1.165, 1.54) is 4.68 Å². The molecular weight excluding hydrogens is 475 g/mol. The highest BCUT2D eigenvalue weighted by atomic mass is 35.5. The standard InChI is InChI=1S/C25H20Cl2N4O3/c1-15(16-5-3-2-4-6-16)28-24(33)25(34)30-31-21-12-9-19(27)13-17(21)14-22(31)23(32)29-20-10-7-18(26)8-11-20/h2-15H,1H3,(H,28,33)(H,29,32)(H,30,34)/t15-/m1/s1. The van der Waals surface area contributed by atoms with E-state index in [2.05, 4.69) is 16.1 Å². The van der Waals surface area contributed by atoms with Gasteiger partial charge in [0.15, 0.2) is 0 Å². The molecule has 0 saturated carbocycles. The minimum absolute atomic E-state index is 0.115. The van der Waals surface area contributed by atoms with Gasteiger partial charge < -0.3 is 10.6 Å². The first kappa shape index (κ1) is 23.4. The molecule has 0 radical (unpaired) electrons. The number of aromatic nitrogens is 1. The molecule has 0 bridgehead atoms. The number of rotatable bonds is 5. The highest BCUT2D eigenvalue weighted by Gasteiger charge is 2.22. The van der Waals surface area contributed by atoms with E-state index in [4.69, 9.17) is 23.2 Å². The number of nitrogens with zero attached hydrogens (tertiary/aromatic N) is 1. The van der Waals surface area contributed by atoms with Gasteiger partial charge in [-0.15, -0.1) is 0 Å². The van der Waals surface area contributed by atoms with Crippen LogP contribution in [0, 0.1) is 0 Å². The smallest absolute Gasteiger partial charge is 0.328 e. The molecule has 7 nitrogen and oxygen atoms in total. The summed E-state index contributed by atoms with van der Waals surface area (Å²) in [4.78, 5) is 38.4. The third kappa shape index (κ3) is 5.22. The van der Waals surface area contributed by atoms with Crippen LogP contribution >= 0.6 is 23.2 Å². The van der Waals surface area contributed by atoms with Crippen LogP contribution in [0.5, 0.6) is 0 Å². The van der Waals surface area contributed by atoms with Crippen molar-refractivity contribution in [1.29, 1.82) is 0 Å². The fourth-order valence-corrected chi connectivity index (χ4v) is 3.75. The molecule has 4 rings (SSSR count). The summed E-state index contributed by atoms with van der Waals surface area (Å²) >= 11 is 12.0. The van der Waals surface area contributed by atoms with Crippen LogP contribution < -0.4 is 16.1 Å². The Morgan fingerprint density at radius 3 is 2.21 bits per heavy atom.